The minimum absolute atomic E-state index is 0.117. The van der Waals surface area contributed by atoms with Crippen LogP contribution in [0.15, 0.2) is 41.8 Å². The van der Waals surface area contributed by atoms with E-state index in [0.717, 1.165) is 17.0 Å². The molecule has 1 aromatic carbocycles. The first-order chi connectivity index (χ1) is 10.9. The highest BCUT2D eigenvalue weighted by Crippen LogP contribution is 2.29. The van der Waals surface area contributed by atoms with E-state index in [0.29, 0.717) is 12.0 Å². The van der Waals surface area contributed by atoms with Gasteiger partial charge in [0.15, 0.2) is 0 Å². The van der Waals surface area contributed by atoms with Crippen molar-refractivity contribution in [2.45, 2.75) is 25.1 Å². The maximum atomic E-state index is 12.4. The lowest BCUT2D eigenvalue weighted by Crippen LogP contribution is -2.28. The highest BCUT2D eigenvalue weighted by Gasteiger charge is 2.29. The average molecular weight is 343 g/mol. The number of carbonyl (C=O) groups is 1. The Morgan fingerprint density at radius 3 is 2.48 bits per heavy atom. The molecule has 0 fully saturated rings. The Kier molecular flexibility index (Phi) is 5.79. The third-order valence-electron chi connectivity index (χ3n) is 3.29. The van der Waals surface area contributed by atoms with E-state index in [1.54, 1.807) is 6.07 Å². The van der Waals surface area contributed by atoms with Crippen LogP contribution in [0.1, 0.15) is 28.5 Å². The fourth-order valence-electron chi connectivity index (χ4n) is 2.00. The van der Waals surface area contributed by atoms with Crippen molar-refractivity contribution in [3.05, 3.63) is 57.8 Å². The summed E-state index contributed by atoms with van der Waals surface area (Å²) in [5, 5.41) is 14.3. The number of thiophene rings is 1. The quantitative estimate of drug-likeness (QED) is 0.843. The van der Waals surface area contributed by atoms with Crippen LogP contribution in [0, 0.1) is 0 Å². The average Bonchev–Trinajstić information content (AvgIpc) is 3.04. The highest BCUT2D eigenvalue weighted by molar-refractivity contribution is 7.10. The number of halogens is 3. The predicted molar refractivity (Wildman–Crippen MR) is 82.1 cm³/mol. The molecule has 2 rings (SSSR count). The van der Waals surface area contributed by atoms with Crippen LogP contribution in [0.3, 0.4) is 0 Å². The lowest BCUT2D eigenvalue weighted by Gasteiger charge is -2.10. The molecule has 23 heavy (non-hydrogen) atoms. The van der Waals surface area contributed by atoms with Gasteiger partial charge < -0.3 is 10.4 Å². The fourth-order valence-corrected chi connectivity index (χ4v) is 2.71. The van der Waals surface area contributed by atoms with E-state index in [2.05, 4.69) is 5.32 Å². The summed E-state index contributed by atoms with van der Waals surface area (Å²) in [5.41, 5.74) is -0.0447. The van der Waals surface area contributed by atoms with Gasteiger partial charge in [0, 0.05) is 17.8 Å². The number of benzene rings is 1. The number of hydrogen-bond acceptors (Lipinski definition) is 3. The number of alkyl halides is 3. The molecule has 124 valence electrons. The summed E-state index contributed by atoms with van der Waals surface area (Å²) >= 11 is 1.40. The smallest absolute Gasteiger partial charge is 0.386 e. The van der Waals surface area contributed by atoms with E-state index < -0.39 is 17.8 Å². The van der Waals surface area contributed by atoms with Gasteiger partial charge in [0.1, 0.15) is 6.10 Å². The third-order valence-corrected chi connectivity index (χ3v) is 4.26. The minimum Gasteiger partial charge on any atom is -0.386 e. The van der Waals surface area contributed by atoms with Crippen molar-refractivity contribution in [2.24, 2.45) is 0 Å². The second-order valence-electron chi connectivity index (χ2n) is 5.03. The van der Waals surface area contributed by atoms with Crippen molar-refractivity contribution in [1.82, 2.24) is 5.32 Å². The molecule has 1 amide bonds. The van der Waals surface area contributed by atoms with Gasteiger partial charge in [-0.15, -0.1) is 11.3 Å². The van der Waals surface area contributed by atoms with Crippen molar-refractivity contribution in [3.8, 4) is 0 Å². The molecule has 0 bridgehead atoms. The highest BCUT2D eigenvalue weighted by atomic mass is 32.1. The maximum absolute atomic E-state index is 12.4. The summed E-state index contributed by atoms with van der Waals surface area (Å²) in [5.74, 6) is -0.250. The lowest BCUT2D eigenvalue weighted by molar-refractivity contribution is -0.137. The largest absolute Gasteiger partial charge is 0.416 e. The summed E-state index contributed by atoms with van der Waals surface area (Å²) in [6.07, 6.45) is -4.60. The zero-order valence-electron chi connectivity index (χ0n) is 12.1. The van der Waals surface area contributed by atoms with Gasteiger partial charge in [-0.25, -0.2) is 0 Å². The molecule has 0 spiro atoms. The first-order valence-corrected chi connectivity index (χ1v) is 7.88. The fraction of sp³-hybridized carbons (Fsp3) is 0.312. The SMILES string of the molecule is O=C(CCc1ccc(C(F)(F)F)cc1)NC[C@@H](O)c1cccs1. The third kappa shape index (κ3) is 5.37. The number of aryl methyl sites for hydroxylation is 1. The van der Waals surface area contributed by atoms with E-state index >= 15 is 0 Å². The molecule has 1 heterocycles. The van der Waals surface area contributed by atoms with Crippen molar-refractivity contribution in [3.63, 3.8) is 0 Å². The zero-order valence-corrected chi connectivity index (χ0v) is 13.0. The van der Waals surface area contributed by atoms with E-state index in [-0.39, 0.29) is 18.9 Å². The molecule has 0 unspecified atom stereocenters. The molecule has 0 saturated carbocycles. The molecule has 1 aromatic heterocycles. The van der Waals surface area contributed by atoms with Crippen LogP contribution < -0.4 is 5.32 Å². The molecule has 0 aliphatic carbocycles. The predicted octanol–water partition coefficient (Wildman–Crippen LogP) is 3.55. The molecule has 3 nitrogen and oxygen atoms in total. The van der Waals surface area contributed by atoms with Gasteiger partial charge >= 0.3 is 6.18 Å². The topological polar surface area (TPSA) is 49.3 Å². The van der Waals surface area contributed by atoms with Gasteiger partial charge in [-0.05, 0) is 35.6 Å². The Morgan fingerprint density at radius 1 is 1.22 bits per heavy atom. The van der Waals surface area contributed by atoms with Crippen LogP contribution in [0.25, 0.3) is 0 Å². The summed E-state index contributed by atoms with van der Waals surface area (Å²) in [7, 11) is 0. The van der Waals surface area contributed by atoms with Crippen LogP contribution in [0.5, 0.6) is 0 Å². The number of carbonyl (C=O) groups excluding carboxylic acids is 1. The molecule has 2 N–H and O–H groups in total. The van der Waals surface area contributed by atoms with Crippen molar-refractivity contribution in [2.75, 3.05) is 6.54 Å². The monoisotopic (exact) mass is 343 g/mol. The van der Waals surface area contributed by atoms with Crippen LogP contribution in [0.2, 0.25) is 0 Å². The number of nitrogens with one attached hydrogen (secondary N) is 1. The normalized spacial score (nSPS) is 12.9. The van der Waals surface area contributed by atoms with Crippen LogP contribution >= 0.6 is 11.3 Å². The molecule has 0 radical (unpaired) electrons. The Morgan fingerprint density at radius 2 is 1.91 bits per heavy atom. The summed E-state index contributed by atoms with van der Waals surface area (Å²) in [6.45, 7) is 0.117. The van der Waals surface area contributed by atoms with Gasteiger partial charge in [0.2, 0.25) is 5.91 Å². The number of aliphatic hydroxyl groups is 1. The first-order valence-electron chi connectivity index (χ1n) is 7.00. The Hall–Kier alpha value is -1.86. The number of rotatable bonds is 6. The lowest BCUT2D eigenvalue weighted by atomic mass is 10.1. The second kappa shape index (κ2) is 7.61. The molecular weight excluding hydrogens is 327 g/mol. The van der Waals surface area contributed by atoms with Gasteiger partial charge in [0.25, 0.3) is 0 Å². The van der Waals surface area contributed by atoms with Crippen LogP contribution in [0.4, 0.5) is 13.2 Å². The maximum Gasteiger partial charge on any atom is 0.416 e. The van der Waals surface area contributed by atoms with Crippen molar-refractivity contribution >= 4 is 17.2 Å². The molecule has 1 atom stereocenters. The summed E-state index contributed by atoms with van der Waals surface area (Å²) < 4.78 is 37.3. The standard InChI is InChI=1S/C16H16F3NO2S/c17-16(18,19)12-6-3-11(4-7-12)5-8-15(22)20-10-13(21)14-2-1-9-23-14/h1-4,6-7,9,13,21H,5,8,10H2,(H,20,22)/t13-/m1/s1. The van der Waals surface area contributed by atoms with Crippen molar-refractivity contribution < 1.29 is 23.1 Å². The van der Waals surface area contributed by atoms with Gasteiger partial charge in [-0.3, -0.25) is 4.79 Å². The zero-order chi connectivity index (χ0) is 16.9. The molecule has 2 aromatic rings. The van der Waals surface area contributed by atoms with E-state index in [9.17, 15) is 23.1 Å². The summed E-state index contributed by atoms with van der Waals surface area (Å²) in [6, 6.07) is 8.36. The Labute approximate surface area is 135 Å². The van der Waals surface area contributed by atoms with E-state index in [1.165, 1.54) is 23.5 Å². The molecule has 0 saturated heterocycles. The van der Waals surface area contributed by atoms with Crippen LogP contribution in [-0.4, -0.2) is 17.6 Å². The van der Waals surface area contributed by atoms with Crippen LogP contribution in [-0.2, 0) is 17.4 Å². The van der Waals surface area contributed by atoms with Crippen molar-refractivity contribution in [1.29, 1.82) is 0 Å². The Bertz CT molecular complexity index is 624. The van der Waals surface area contributed by atoms with Gasteiger partial charge in [-0.2, -0.15) is 13.2 Å². The van der Waals surface area contributed by atoms with Gasteiger partial charge in [-0.1, -0.05) is 18.2 Å². The number of hydrogen-bond donors (Lipinski definition) is 2. The number of aliphatic hydroxyl groups excluding tert-OH is 1. The summed E-state index contributed by atoms with van der Waals surface area (Å²) in [4.78, 5) is 12.5. The number of amides is 1. The molecule has 7 heteroatoms. The van der Waals surface area contributed by atoms with E-state index in [1.807, 2.05) is 11.4 Å². The molecule has 0 aliphatic rings. The van der Waals surface area contributed by atoms with Gasteiger partial charge in [0.05, 0.1) is 5.56 Å². The minimum atomic E-state index is -4.35. The first kappa shape index (κ1) is 17.5. The second-order valence-corrected chi connectivity index (χ2v) is 6.01. The van der Waals surface area contributed by atoms with E-state index in [4.69, 9.17) is 0 Å². The molecule has 0 aliphatic heterocycles. The Balaban J connectivity index is 1.76. The molecular formula is C16H16F3NO2S.